The highest BCUT2D eigenvalue weighted by Crippen LogP contribution is 2.34. The molecule has 2 N–H and O–H groups in total. The van der Waals surface area contributed by atoms with Crippen LogP contribution in [0.4, 0.5) is 0 Å². The highest BCUT2D eigenvalue weighted by Gasteiger charge is 2.15. The molecule has 3 nitrogen and oxygen atoms in total. The molecule has 0 amide bonds. The lowest BCUT2D eigenvalue weighted by atomic mass is 9.96. The summed E-state index contributed by atoms with van der Waals surface area (Å²) in [5.41, 5.74) is 2.08. The largest absolute Gasteiger partial charge is 0.493 e. The van der Waals surface area contributed by atoms with E-state index < -0.39 is 6.10 Å². The van der Waals surface area contributed by atoms with Crippen LogP contribution in [0.5, 0.6) is 5.75 Å². The van der Waals surface area contributed by atoms with Crippen LogP contribution in [-0.4, -0.2) is 29.5 Å². The summed E-state index contributed by atoms with van der Waals surface area (Å²) in [5.74, 6) is 1.19. The van der Waals surface area contributed by atoms with Crippen molar-refractivity contribution in [2.75, 3.05) is 13.2 Å². The molecule has 0 spiro atoms. The first-order valence-electron chi connectivity index (χ1n) is 6.73. The topological polar surface area (TPSA) is 49.7 Å². The van der Waals surface area contributed by atoms with Gasteiger partial charge in [-0.25, -0.2) is 0 Å². The fraction of sp³-hybridized carbons (Fsp3) is 0.600. The minimum Gasteiger partial charge on any atom is -0.493 e. The molecule has 0 radical (unpaired) electrons. The summed E-state index contributed by atoms with van der Waals surface area (Å²) in [5, 5.41) is 19.0. The van der Waals surface area contributed by atoms with Gasteiger partial charge in [0.2, 0.25) is 0 Å². The minimum absolute atomic E-state index is 0.221. The van der Waals surface area contributed by atoms with E-state index in [0.29, 0.717) is 30.4 Å². The molecule has 1 aromatic carbocycles. The van der Waals surface area contributed by atoms with Gasteiger partial charge in [0, 0.05) is 5.02 Å². The van der Waals surface area contributed by atoms with Gasteiger partial charge in [0.25, 0.3) is 0 Å². The predicted octanol–water partition coefficient (Wildman–Crippen LogP) is 3.15. The Morgan fingerprint density at radius 3 is 2.53 bits per heavy atom. The van der Waals surface area contributed by atoms with Gasteiger partial charge >= 0.3 is 0 Å². The number of benzene rings is 1. The lowest BCUT2D eigenvalue weighted by molar-refractivity contribution is 0.0884. The number of hydrogen-bond acceptors (Lipinski definition) is 3. The summed E-state index contributed by atoms with van der Waals surface area (Å²) in [7, 11) is 0. The third-order valence-corrected chi connectivity index (χ3v) is 3.25. The van der Waals surface area contributed by atoms with E-state index in [-0.39, 0.29) is 6.61 Å². The van der Waals surface area contributed by atoms with Crippen LogP contribution in [0.25, 0.3) is 0 Å². The van der Waals surface area contributed by atoms with Crippen molar-refractivity contribution in [3.05, 3.63) is 28.3 Å². The lowest BCUT2D eigenvalue weighted by Crippen LogP contribution is -2.13. The molecule has 1 atom stereocenters. The van der Waals surface area contributed by atoms with Crippen molar-refractivity contribution in [1.82, 2.24) is 0 Å². The Morgan fingerprint density at radius 2 is 2.00 bits per heavy atom. The molecular formula is C15H23ClO3. The number of aliphatic hydroxyl groups excluding tert-OH is 2. The first-order valence-corrected chi connectivity index (χ1v) is 7.11. The summed E-state index contributed by atoms with van der Waals surface area (Å²) >= 11 is 6.15. The first-order chi connectivity index (χ1) is 8.99. The summed E-state index contributed by atoms with van der Waals surface area (Å²) in [6, 6.07) is 3.81. The summed E-state index contributed by atoms with van der Waals surface area (Å²) < 4.78 is 5.75. The van der Waals surface area contributed by atoms with E-state index in [1.165, 1.54) is 0 Å². The van der Waals surface area contributed by atoms with Crippen LogP contribution in [0, 0.1) is 0 Å². The molecule has 1 aromatic rings. The van der Waals surface area contributed by atoms with Crippen LogP contribution >= 0.6 is 11.6 Å². The summed E-state index contributed by atoms with van der Waals surface area (Å²) in [6.07, 6.45) is 0.433. The van der Waals surface area contributed by atoms with E-state index >= 15 is 0 Å². The van der Waals surface area contributed by atoms with Crippen molar-refractivity contribution < 1.29 is 14.9 Å². The van der Waals surface area contributed by atoms with Gasteiger partial charge in [-0.15, -0.1) is 0 Å². The number of halogens is 1. The van der Waals surface area contributed by atoms with Gasteiger partial charge in [0.05, 0.1) is 19.3 Å². The van der Waals surface area contributed by atoms with E-state index in [2.05, 4.69) is 13.8 Å². The maximum atomic E-state index is 9.46. The lowest BCUT2D eigenvalue weighted by Gasteiger charge is -2.18. The van der Waals surface area contributed by atoms with Gasteiger partial charge in [0.15, 0.2) is 0 Å². The molecule has 0 bridgehead atoms. The Morgan fingerprint density at radius 1 is 1.32 bits per heavy atom. The van der Waals surface area contributed by atoms with Gasteiger partial charge in [-0.3, -0.25) is 0 Å². The number of aliphatic hydroxyl groups is 2. The zero-order valence-electron chi connectivity index (χ0n) is 11.8. The second-order valence-electron chi connectivity index (χ2n) is 4.95. The highest BCUT2D eigenvalue weighted by molar-refractivity contribution is 6.30. The maximum absolute atomic E-state index is 9.46. The average molecular weight is 287 g/mol. The highest BCUT2D eigenvalue weighted by atomic mass is 35.5. The Balaban J connectivity index is 3.05. The van der Waals surface area contributed by atoms with E-state index in [0.717, 1.165) is 16.9 Å². The molecule has 0 saturated heterocycles. The Labute approximate surface area is 120 Å². The third kappa shape index (κ3) is 4.68. The molecule has 4 heteroatoms. The predicted molar refractivity (Wildman–Crippen MR) is 78.1 cm³/mol. The smallest absolute Gasteiger partial charge is 0.126 e. The molecular weight excluding hydrogens is 264 g/mol. The molecule has 0 saturated carbocycles. The molecule has 108 valence electrons. The SMILES string of the molecule is CCOc1c(CCC(O)CO)cc(Cl)cc1C(C)C. The van der Waals surface area contributed by atoms with Gasteiger partial charge in [-0.1, -0.05) is 25.4 Å². The van der Waals surface area contributed by atoms with E-state index in [1.54, 1.807) is 0 Å². The fourth-order valence-electron chi connectivity index (χ4n) is 2.02. The van der Waals surface area contributed by atoms with Crippen molar-refractivity contribution in [2.24, 2.45) is 0 Å². The Bertz CT molecular complexity index is 405. The van der Waals surface area contributed by atoms with Gasteiger partial charge in [-0.2, -0.15) is 0 Å². The third-order valence-electron chi connectivity index (χ3n) is 3.03. The molecule has 0 aromatic heterocycles. The van der Waals surface area contributed by atoms with Crippen LogP contribution in [0.15, 0.2) is 12.1 Å². The first kappa shape index (κ1) is 16.3. The molecule has 0 heterocycles. The average Bonchev–Trinajstić information content (AvgIpc) is 2.37. The molecule has 19 heavy (non-hydrogen) atoms. The normalized spacial score (nSPS) is 12.8. The van der Waals surface area contributed by atoms with Crippen LogP contribution in [-0.2, 0) is 6.42 Å². The molecule has 1 unspecified atom stereocenters. The van der Waals surface area contributed by atoms with Crippen molar-refractivity contribution >= 4 is 11.6 Å². The van der Waals surface area contributed by atoms with Gasteiger partial charge < -0.3 is 14.9 Å². The molecule has 0 aliphatic heterocycles. The standard InChI is InChI=1S/C15H23ClO3/c1-4-19-15-11(5-6-13(18)9-17)7-12(16)8-14(15)10(2)3/h7-8,10,13,17-18H,4-6,9H2,1-3H3. The van der Waals surface area contributed by atoms with E-state index in [9.17, 15) is 5.11 Å². The molecule has 0 fully saturated rings. The second kappa shape index (κ2) is 7.73. The number of aryl methyl sites for hydroxylation is 1. The summed E-state index contributed by atoms with van der Waals surface area (Å²) in [4.78, 5) is 0. The van der Waals surface area contributed by atoms with E-state index in [1.807, 2.05) is 19.1 Å². The van der Waals surface area contributed by atoms with E-state index in [4.69, 9.17) is 21.4 Å². The van der Waals surface area contributed by atoms with Crippen LogP contribution in [0.2, 0.25) is 5.02 Å². The number of rotatable bonds is 7. The van der Waals surface area contributed by atoms with Crippen molar-refractivity contribution in [3.63, 3.8) is 0 Å². The second-order valence-corrected chi connectivity index (χ2v) is 5.38. The zero-order valence-corrected chi connectivity index (χ0v) is 12.6. The Kier molecular flexibility index (Phi) is 6.63. The zero-order chi connectivity index (χ0) is 14.4. The van der Waals surface area contributed by atoms with Crippen LogP contribution < -0.4 is 4.74 Å². The molecule has 0 aliphatic carbocycles. The fourth-order valence-corrected chi connectivity index (χ4v) is 2.27. The van der Waals surface area contributed by atoms with Crippen molar-refractivity contribution in [2.45, 2.75) is 45.6 Å². The minimum atomic E-state index is -0.698. The van der Waals surface area contributed by atoms with Crippen LogP contribution in [0.1, 0.15) is 44.2 Å². The monoisotopic (exact) mass is 286 g/mol. The molecule has 1 rings (SSSR count). The quantitative estimate of drug-likeness (QED) is 0.809. The van der Waals surface area contributed by atoms with Crippen molar-refractivity contribution in [1.29, 1.82) is 0 Å². The van der Waals surface area contributed by atoms with Gasteiger partial charge in [-0.05, 0) is 48.9 Å². The molecule has 0 aliphatic rings. The number of hydrogen-bond donors (Lipinski definition) is 2. The van der Waals surface area contributed by atoms with Crippen molar-refractivity contribution in [3.8, 4) is 5.75 Å². The maximum Gasteiger partial charge on any atom is 0.126 e. The summed E-state index contributed by atoms with van der Waals surface area (Å²) in [6.45, 7) is 6.52. The number of ether oxygens (including phenoxy) is 1. The van der Waals surface area contributed by atoms with Crippen LogP contribution in [0.3, 0.4) is 0 Å². The Hall–Kier alpha value is -0.770. The van der Waals surface area contributed by atoms with Gasteiger partial charge in [0.1, 0.15) is 5.75 Å².